The van der Waals surface area contributed by atoms with Crippen LogP contribution in [0.3, 0.4) is 0 Å². The molecule has 1 aliphatic heterocycles. The standard InChI is InChI=1S/C22H24FN3OS/c1-14-7-8-17(23)13-19(14)24-21(27)15(2)26-11-9-16(10-12-26)22-25-18-5-3-4-6-20(18)28-22/h3-8,13,15-16H,9-12H2,1-2H3,(H,24,27). The monoisotopic (exact) mass is 397 g/mol. The summed E-state index contributed by atoms with van der Waals surface area (Å²) < 4.78 is 14.7. The molecule has 1 aliphatic rings. The van der Waals surface area contributed by atoms with Crippen molar-refractivity contribution in [1.82, 2.24) is 9.88 Å². The Morgan fingerprint density at radius 1 is 1.25 bits per heavy atom. The maximum atomic E-state index is 13.5. The van der Waals surface area contributed by atoms with E-state index < -0.39 is 0 Å². The lowest BCUT2D eigenvalue weighted by molar-refractivity contribution is -0.121. The number of carbonyl (C=O) groups excluding carboxylic acids is 1. The summed E-state index contributed by atoms with van der Waals surface area (Å²) in [5, 5.41) is 4.08. The third-order valence-corrected chi connectivity index (χ3v) is 6.77. The fourth-order valence-electron chi connectivity index (χ4n) is 3.73. The number of anilines is 1. The van der Waals surface area contributed by atoms with Gasteiger partial charge in [0.05, 0.1) is 21.3 Å². The second-order valence-corrected chi connectivity index (χ2v) is 8.52. The highest BCUT2D eigenvalue weighted by atomic mass is 32.1. The third kappa shape index (κ3) is 3.93. The lowest BCUT2D eigenvalue weighted by atomic mass is 9.96. The van der Waals surface area contributed by atoms with Crippen LogP contribution >= 0.6 is 11.3 Å². The maximum absolute atomic E-state index is 13.5. The van der Waals surface area contributed by atoms with E-state index in [1.54, 1.807) is 17.4 Å². The molecule has 28 heavy (non-hydrogen) atoms. The molecule has 3 aromatic rings. The minimum atomic E-state index is -0.342. The van der Waals surface area contributed by atoms with Crippen molar-refractivity contribution in [3.8, 4) is 0 Å². The first-order valence-electron chi connectivity index (χ1n) is 9.68. The Kier molecular flexibility index (Phi) is 5.42. The predicted octanol–water partition coefficient (Wildman–Crippen LogP) is 4.95. The predicted molar refractivity (Wildman–Crippen MR) is 112 cm³/mol. The fraction of sp³-hybridized carbons (Fsp3) is 0.364. The molecule has 6 heteroatoms. The van der Waals surface area contributed by atoms with Gasteiger partial charge in [0.2, 0.25) is 5.91 Å². The quantitative estimate of drug-likeness (QED) is 0.677. The number of nitrogens with zero attached hydrogens (tertiary/aromatic N) is 2. The molecule has 1 N–H and O–H groups in total. The number of nitrogens with one attached hydrogen (secondary N) is 1. The lowest BCUT2D eigenvalue weighted by Gasteiger charge is -2.34. The van der Waals surface area contributed by atoms with Crippen LogP contribution in [0.25, 0.3) is 10.2 Å². The fourth-order valence-corrected chi connectivity index (χ4v) is 4.87. The van der Waals surface area contributed by atoms with Gasteiger partial charge in [-0.15, -0.1) is 11.3 Å². The van der Waals surface area contributed by atoms with Crippen molar-refractivity contribution in [3.05, 3.63) is 58.9 Å². The van der Waals surface area contributed by atoms with Gasteiger partial charge in [-0.25, -0.2) is 9.37 Å². The number of thiazole rings is 1. The maximum Gasteiger partial charge on any atom is 0.241 e. The van der Waals surface area contributed by atoms with E-state index in [0.29, 0.717) is 11.6 Å². The Labute approximate surface area is 168 Å². The molecular weight excluding hydrogens is 373 g/mol. The minimum absolute atomic E-state index is 0.0906. The van der Waals surface area contributed by atoms with Crippen molar-refractivity contribution in [1.29, 1.82) is 0 Å². The molecule has 2 heterocycles. The SMILES string of the molecule is Cc1ccc(F)cc1NC(=O)C(C)N1CCC(c2nc3ccccc3s2)CC1. The molecule has 1 atom stereocenters. The number of benzene rings is 2. The Bertz CT molecular complexity index is 961. The average Bonchev–Trinajstić information content (AvgIpc) is 3.14. The summed E-state index contributed by atoms with van der Waals surface area (Å²) in [5.74, 6) is 0.0201. The summed E-state index contributed by atoms with van der Waals surface area (Å²) in [7, 11) is 0. The highest BCUT2D eigenvalue weighted by Crippen LogP contribution is 2.34. The third-order valence-electron chi connectivity index (χ3n) is 5.57. The topological polar surface area (TPSA) is 45.2 Å². The van der Waals surface area contributed by atoms with Crippen LogP contribution in [0.15, 0.2) is 42.5 Å². The number of aromatic nitrogens is 1. The number of halogens is 1. The van der Waals surface area contributed by atoms with Gasteiger partial charge in [0.25, 0.3) is 0 Å². The van der Waals surface area contributed by atoms with Gasteiger partial charge in [0.1, 0.15) is 5.82 Å². The summed E-state index contributed by atoms with van der Waals surface area (Å²) in [5.41, 5.74) is 2.47. The number of para-hydroxylation sites is 1. The molecule has 4 nitrogen and oxygen atoms in total. The molecule has 0 radical (unpaired) electrons. The number of fused-ring (bicyclic) bond motifs is 1. The van der Waals surface area contributed by atoms with E-state index >= 15 is 0 Å². The van der Waals surface area contributed by atoms with Gasteiger partial charge in [0.15, 0.2) is 0 Å². The molecule has 1 saturated heterocycles. The molecule has 0 aliphatic carbocycles. The number of amides is 1. The van der Waals surface area contributed by atoms with Crippen LogP contribution in [-0.4, -0.2) is 34.9 Å². The summed E-state index contributed by atoms with van der Waals surface area (Å²) >= 11 is 1.78. The van der Waals surface area contributed by atoms with Crippen molar-refractivity contribution in [3.63, 3.8) is 0 Å². The van der Waals surface area contributed by atoms with E-state index in [0.717, 1.165) is 37.0 Å². The van der Waals surface area contributed by atoms with E-state index in [9.17, 15) is 9.18 Å². The molecular formula is C22H24FN3OS. The summed E-state index contributed by atoms with van der Waals surface area (Å²) in [6, 6.07) is 12.5. The number of hydrogen-bond acceptors (Lipinski definition) is 4. The first-order valence-corrected chi connectivity index (χ1v) is 10.5. The molecule has 0 spiro atoms. The normalized spacial score (nSPS) is 17.0. The number of rotatable bonds is 4. The Balaban J connectivity index is 1.37. The highest BCUT2D eigenvalue weighted by Gasteiger charge is 2.29. The molecule has 0 saturated carbocycles. The first kappa shape index (κ1) is 19.0. The van der Waals surface area contributed by atoms with Gasteiger partial charge in [-0.2, -0.15) is 0 Å². The summed E-state index contributed by atoms with van der Waals surface area (Å²) in [6.07, 6.45) is 1.99. The van der Waals surface area contributed by atoms with Gasteiger partial charge in [-0.1, -0.05) is 18.2 Å². The van der Waals surface area contributed by atoms with Crippen LogP contribution in [0.2, 0.25) is 0 Å². The summed E-state index contributed by atoms with van der Waals surface area (Å²) in [6.45, 7) is 5.50. The van der Waals surface area contributed by atoms with Crippen molar-refractivity contribution in [2.45, 2.75) is 38.6 Å². The Hall–Kier alpha value is -2.31. The van der Waals surface area contributed by atoms with Gasteiger partial charge in [0, 0.05) is 11.6 Å². The minimum Gasteiger partial charge on any atom is -0.324 e. The number of carbonyl (C=O) groups is 1. The highest BCUT2D eigenvalue weighted by molar-refractivity contribution is 7.18. The lowest BCUT2D eigenvalue weighted by Crippen LogP contribution is -2.45. The Morgan fingerprint density at radius 2 is 2.00 bits per heavy atom. The molecule has 4 rings (SSSR count). The van der Waals surface area contributed by atoms with Crippen LogP contribution in [0.5, 0.6) is 0 Å². The molecule has 1 fully saturated rings. The van der Waals surface area contributed by atoms with Crippen LogP contribution in [-0.2, 0) is 4.79 Å². The van der Waals surface area contributed by atoms with E-state index in [1.807, 2.05) is 26.0 Å². The van der Waals surface area contributed by atoms with Crippen molar-refractivity contribution in [2.75, 3.05) is 18.4 Å². The van der Waals surface area contributed by atoms with Crippen LogP contribution in [0.1, 0.15) is 36.3 Å². The van der Waals surface area contributed by atoms with E-state index in [-0.39, 0.29) is 17.8 Å². The van der Waals surface area contributed by atoms with Gasteiger partial charge < -0.3 is 5.32 Å². The second kappa shape index (κ2) is 7.97. The number of likely N-dealkylation sites (tertiary alicyclic amines) is 1. The Morgan fingerprint density at radius 3 is 2.75 bits per heavy atom. The van der Waals surface area contributed by atoms with Crippen LogP contribution in [0.4, 0.5) is 10.1 Å². The van der Waals surface area contributed by atoms with Crippen LogP contribution < -0.4 is 5.32 Å². The van der Waals surface area contributed by atoms with Crippen molar-refractivity contribution in [2.24, 2.45) is 0 Å². The van der Waals surface area contributed by atoms with E-state index in [1.165, 1.54) is 21.8 Å². The smallest absolute Gasteiger partial charge is 0.241 e. The van der Waals surface area contributed by atoms with E-state index in [2.05, 4.69) is 22.3 Å². The largest absolute Gasteiger partial charge is 0.324 e. The zero-order chi connectivity index (χ0) is 19.7. The molecule has 1 amide bonds. The molecule has 2 aromatic carbocycles. The molecule has 146 valence electrons. The van der Waals surface area contributed by atoms with Gasteiger partial charge in [-0.05, 0) is 69.6 Å². The molecule has 1 aromatic heterocycles. The zero-order valence-electron chi connectivity index (χ0n) is 16.1. The summed E-state index contributed by atoms with van der Waals surface area (Å²) in [4.78, 5) is 19.7. The number of hydrogen-bond donors (Lipinski definition) is 1. The van der Waals surface area contributed by atoms with E-state index in [4.69, 9.17) is 4.98 Å². The zero-order valence-corrected chi connectivity index (χ0v) is 16.9. The number of aryl methyl sites for hydroxylation is 1. The first-order chi connectivity index (χ1) is 13.5. The van der Waals surface area contributed by atoms with Crippen molar-refractivity contribution < 1.29 is 9.18 Å². The van der Waals surface area contributed by atoms with Crippen molar-refractivity contribution >= 4 is 33.1 Å². The molecule has 0 bridgehead atoms. The van der Waals surface area contributed by atoms with Crippen LogP contribution in [0, 0.1) is 12.7 Å². The molecule has 1 unspecified atom stereocenters. The second-order valence-electron chi connectivity index (χ2n) is 7.45. The van der Waals surface area contributed by atoms with Gasteiger partial charge in [-0.3, -0.25) is 9.69 Å². The van der Waals surface area contributed by atoms with Gasteiger partial charge >= 0.3 is 0 Å². The number of piperidine rings is 1. The average molecular weight is 398 g/mol.